The topological polar surface area (TPSA) is 58.6 Å². The van der Waals surface area contributed by atoms with Crippen molar-refractivity contribution < 1.29 is 14.3 Å². The molecule has 2 aromatic rings. The third-order valence-electron chi connectivity index (χ3n) is 3.68. The lowest BCUT2D eigenvalue weighted by Gasteiger charge is -2.26. The maximum absolute atomic E-state index is 12.3. The van der Waals surface area contributed by atoms with Crippen LogP contribution in [0.25, 0.3) is 0 Å². The largest absolute Gasteiger partial charge is 0.489 e. The van der Waals surface area contributed by atoms with Crippen molar-refractivity contribution in [2.75, 3.05) is 19.6 Å². The van der Waals surface area contributed by atoms with E-state index in [2.05, 4.69) is 5.32 Å². The Labute approximate surface area is 134 Å². The van der Waals surface area contributed by atoms with Gasteiger partial charge in [-0.3, -0.25) is 9.59 Å². The van der Waals surface area contributed by atoms with Crippen LogP contribution in [0.1, 0.15) is 15.9 Å². The van der Waals surface area contributed by atoms with Gasteiger partial charge in [-0.25, -0.2) is 0 Å². The van der Waals surface area contributed by atoms with E-state index in [0.29, 0.717) is 31.0 Å². The van der Waals surface area contributed by atoms with Crippen LogP contribution in [0.3, 0.4) is 0 Å². The molecule has 0 aliphatic carbocycles. The molecule has 1 N–H and O–H groups in total. The molecular weight excluding hydrogens is 292 g/mol. The summed E-state index contributed by atoms with van der Waals surface area (Å²) in [5, 5.41) is 2.71. The Hall–Kier alpha value is -2.82. The first-order valence-corrected chi connectivity index (χ1v) is 7.55. The van der Waals surface area contributed by atoms with Gasteiger partial charge in [-0.1, -0.05) is 30.3 Å². The number of carbonyl (C=O) groups excluding carboxylic acids is 2. The number of hydrogen-bond acceptors (Lipinski definition) is 3. The Balaban J connectivity index is 1.60. The van der Waals surface area contributed by atoms with Crippen molar-refractivity contribution in [2.45, 2.75) is 6.61 Å². The fourth-order valence-corrected chi connectivity index (χ4v) is 2.43. The summed E-state index contributed by atoms with van der Waals surface area (Å²) in [6.07, 6.45) is 0. The third kappa shape index (κ3) is 3.88. The normalized spacial score (nSPS) is 14.3. The van der Waals surface area contributed by atoms with Gasteiger partial charge in [0.25, 0.3) is 5.91 Å². The minimum absolute atomic E-state index is 0.116. The van der Waals surface area contributed by atoms with Crippen LogP contribution in [-0.4, -0.2) is 36.3 Å². The van der Waals surface area contributed by atoms with E-state index >= 15 is 0 Å². The molecule has 1 saturated heterocycles. The number of rotatable bonds is 4. The molecule has 0 radical (unpaired) electrons. The second-order valence-electron chi connectivity index (χ2n) is 5.38. The summed E-state index contributed by atoms with van der Waals surface area (Å²) in [5.74, 6) is 0.462. The summed E-state index contributed by atoms with van der Waals surface area (Å²) in [5.41, 5.74) is 1.65. The minimum Gasteiger partial charge on any atom is -0.489 e. The third-order valence-corrected chi connectivity index (χ3v) is 3.68. The summed E-state index contributed by atoms with van der Waals surface area (Å²) in [4.78, 5) is 25.3. The molecule has 118 valence electrons. The highest BCUT2D eigenvalue weighted by Gasteiger charge is 2.22. The molecular formula is C18H18N2O3. The van der Waals surface area contributed by atoms with E-state index in [1.54, 1.807) is 29.2 Å². The van der Waals surface area contributed by atoms with Gasteiger partial charge in [-0.15, -0.1) is 0 Å². The summed E-state index contributed by atoms with van der Waals surface area (Å²) < 4.78 is 5.70. The van der Waals surface area contributed by atoms with Gasteiger partial charge in [-0.05, 0) is 29.8 Å². The lowest BCUT2D eigenvalue weighted by Crippen LogP contribution is -2.49. The van der Waals surface area contributed by atoms with Crippen molar-refractivity contribution in [1.82, 2.24) is 10.2 Å². The van der Waals surface area contributed by atoms with E-state index in [1.807, 2.05) is 30.3 Å². The fourth-order valence-electron chi connectivity index (χ4n) is 2.43. The Morgan fingerprint density at radius 1 is 1.09 bits per heavy atom. The smallest absolute Gasteiger partial charge is 0.254 e. The van der Waals surface area contributed by atoms with Crippen molar-refractivity contribution in [3.05, 3.63) is 65.7 Å². The second-order valence-corrected chi connectivity index (χ2v) is 5.38. The highest BCUT2D eigenvalue weighted by atomic mass is 16.5. The molecule has 1 heterocycles. The van der Waals surface area contributed by atoms with Crippen molar-refractivity contribution in [1.29, 1.82) is 0 Å². The van der Waals surface area contributed by atoms with Gasteiger partial charge in [0.15, 0.2) is 0 Å². The zero-order valence-corrected chi connectivity index (χ0v) is 12.7. The zero-order valence-electron chi connectivity index (χ0n) is 12.7. The number of nitrogens with zero attached hydrogens (tertiary/aromatic N) is 1. The average molecular weight is 310 g/mol. The van der Waals surface area contributed by atoms with Crippen LogP contribution in [0.5, 0.6) is 5.75 Å². The van der Waals surface area contributed by atoms with E-state index < -0.39 is 0 Å². The molecule has 1 aliphatic rings. The van der Waals surface area contributed by atoms with E-state index in [0.717, 1.165) is 5.56 Å². The number of hydrogen-bond donors (Lipinski definition) is 1. The summed E-state index contributed by atoms with van der Waals surface area (Å²) in [7, 11) is 0. The summed E-state index contributed by atoms with van der Waals surface area (Å²) in [6.45, 7) is 1.64. The molecule has 2 aromatic carbocycles. The summed E-state index contributed by atoms with van der Waals surface area (Å²) >= 11 is 0. The average Bonchev–Trinajstić information content (AvgIpc) is 2.61. The number of piperazine rings is 1. The molecule has 0 aromatic heterocycles. The number of amides is 2. The molecule has 2 amide bonds. The number of carbonyl (C=O) groups is 2. The van der Waals surface area contributed by atoms with Crippen LogP contribution >= 0.6 is 0 Å². The molecule has 5 heteroatoms. The molecule has 3 rings (SSSR count). The first-order valence-electron chi connectivity index (χ1n) is 7.55. The molecule has 0 saturated carbocycles. The minimum atomic E-state index is -0.130. The Morgan fingerprint density at radius 2 is 1.83 bits per heavy atom. The monoisotopic (exact) mass is 310 g/mol. The predicted molar refractivity (Wildman–Crippen MR) is 86.1 cm³/mol. The molecule has 5 nitrogen and oxygen atoms in total. The van der Waals surface area contributed by atoms with Gasteiger partial charge in [0, 0.05) is 18.7 Å². The summed E-state index contributed by atoms with van der Waals surface area (Å²) in [6, 6.07) is 16.9. The van der Waals surface area contributed by atoms with Gasteiger partial charge in [-0.2, -0.15) is 0 Å². The Morgan fingerprint density at radius 3 is 2.52 bits per heavy atom. The van der Waals surface area contributed by atoms with Crippen LogP contribution in [-0.2, 0) is 11.4 Å². The molecule has 23 heavy (non-hydrogen) atoms. The quantitative estimate of drug-likeness (QED) is 0.937. The van der Waals surface area contributed by atoms with Crippen molar-refractivity contribution >= 4 is 11.8 Å². The van der Waals surface area contributed by atoms with Gasteiger partial charge < -0.3 is 15.0 Å². The van der Waals surface area contributed by atoms with Crippen LogP contribution in [0, 0.1) is 0 Å². The predicted octanol–water partition coefficient (Wildman–Crippen LogP) is 1.84. The van der Waals surface area contributed by atoms with Crippen LogP contribution in [0.2, 0.25) is 0 Å². The second kappa shape index (κ2) is 6.96. The maximum atomic E-state index is 12.3. The van der Waals surface area contributed by atoms with E-state index in [-0.39, 0.29) is 18.4 Å². The number of benzene rings is 2. The van der Waals surface area contributed by atoms with Crippen LogP contribution < -0.4 is 10.1 Å². The molecule has 1 aliphatic heterocycles. The first-order chi connectivity index (χ1) is 11.2. The van der Waals surface area contributed by atoms with Crippen molar-refractivity contribution in [2.24, 2.45) is 0 Å². The van der Waals surface area contributed by atoms with E-state index in [1.165, 1.54) is 0 Å². The Bertz CT molecular complexity index is 683. The van der Waals surface area contributed by atoms with E-state index in [9.17, 15) is 9.59 Å². The highest BCUT2D eigenvalue weighted by molar-refractivity contribution is 5.97. The van der Waals surface area contributed by atoms with Gasteiger partial charge in [0.1, 0.15) is 12.4 Å². The van der Waals surface area contributed by atoms with Gasteiger partial charge in [0.05, 0.1) is 6.54 Å². The van der Waals surface area contributed by atoms with E-state index in [4.69, 9.17) is 4.74 Å². The van der Waals surface area contributed by atoms with Gasteiger partial charge in [0.2, 0.25) is 5.91 Å². The number of nitrogens with one attached hydrogen (secondary N) is 1. The molecule has 1 fully saturated rings. The molecule has 0 spiro atoms. The lowest BCUT2D eigenvalue weighted by molar-refractivity contribution is -0.123. The lowest BCUT2D eigenvalue weighted by atomic mass is 10.1. The standard InChI is InChI=1S/C18H18N2O3/c21-17-12-20(11-10-19-17)18(22)15-6-8-16(9-7-15)23-13-14-4-2-1-3-5-14/h1-9H,10-13H2,(H,19,21). The Kier molecular flexibility index (Phi) is 4.57. The van der Waals surface area contributed by atoms with Crippen molar-refractivity contribution in [3.8, 4) is 5.75 Å². The highest BCUT2D eigenvalue weighted by Crippen LogP contribution is 2.16. The molecule has 0 unspecified atom stereocenters. The van der Waals surface area contributed by atoms with Crippen LogP contribution in [0.4, 0.5) is 0 Å². The van der Waals surface area contributed by atoms with Gasteiger partial charge >= 0.3 is 0 Å². The zero-order chi connectivity index (χ0) is 16.1. The van der Waals surface area contributed by atoms with Crippen molar-refractivity contribution in [3.63, 3.8) is 0 Å². The SMILES string of the molecule is O=C1CN(C(=O)c2ccc(OCc3ccccc3)cc2)CCN1. The molecule has 0 bridgehead atoms. The maximum Gasteiger partial charge on any atom is 0.254 e. The first kappa shape index (κ1) is 15.1. The number of ether oxygens (including phenoxy) is 1. The fraction of sp³-hybridized carbons (Fsp3) is 0.222. The van der Waals surface area contributed by atoms with Crippen LogP contribution in [0.15, 0.2) is 54.6 Å². The molecule has 0 atom stereocenters.